The van der Waals surface area contributed by atoms with E-state index in [0.29, 0.717) is 6.08 Å². The van der Waals surface area contributed by atoms with Crippen LogP contribution in [0, 0.1) is 0 Å². The number of hydrogen-bond acceptors (Lipinski definition) is 0. The normalized spacial score (nSPS) is 9.30. The Hall–Kier alpha value is -0.730. The zero-order chi connectivity index (χ0) is 8.78. The fourth-order valence-corrected chi connectivity index (χ4v) is 0.116. The molecule has 0 fully saturated rings. The van der Waals surface area contributed by atoms with Crippen LogP contribution in [0.15, 0.2) is 24.8 Å². The maximum Gasteiger partial charge on any atom is 0.415 e. The van der Waals surface area contributed by atoms with E-state index in [1.807, 2.05) is 13.8 Å². The van der Waals surface area contributed by atoms with E-state index in [2.05, 4.69) is 13.2 Å². The van der Waals surface area contributed by atoms with Gasteiger partial charge in [0.25, 0.3) is 0 Å². The number of hydrogen-bond donors (Lipinski definition) is 0. The summed E-state index contributed by atoms with van der Waals surface area (Å²) in [5.74, 6) is 0. The third kappa shape index (κ3) is 5.41. The van der Waals surface area contributed by atoms with E-state index < -0.39 is 11.7 Å². The van der Waals surface area contributed by atoms with Crippen molar-refractivity contribution in [3.05, 3.63) is 24.8 Å². The molecule has 0 aromatic rings. The van der Waals surface area contributed by atoms with E-state index in [-0.39, 0.29) is 0 Å². The van der Waals surface area contributed by atoms with Gasteiger partial charge in [0.05, 0.1) is 0 Å². The van der Waals surface area contributed by atoms with Gasteiger partial charge < -0.3 is 0 Å². The quantitative estimate of drug-likeness (QED) is 0.505. The van der Waals surface area contributed by atoms with Crippen LogP contribution in [0.5, 0.6) is 0 Å². The largest absolute Gasteiger partial charge is 0.415 e. The Kier molecular flexibility index (Phi) is 6.10. The highest BCUT2D eigenvalue weighted by Gasteiger charge is 2.29. The molecule has 0 aromatic carbocycles. The van der Waals surface area contributed by atoms with Crippen LogP contribution in [0.4, 0.5) is 13.2 Å². The van der Waals surface area contributed by atoms with Gasteiger partial charge in [-0.3, -0.25) is 0 Å². The molecule has 0 radical (unpaired) electrons. The maximum absolute atomic E-state index is 11.3. The highest BCUT2D eigenvalue weighted by molar-refractivity contribution is 5.16. The second kappa shape index (κ2) is 5.09. The molecular formula is C7H11F3. The van der Waals surface area contributed by atoms with Gasteiger partial charge in [-0.2, -0.15) is 13.2 Å². The van der Waals surface area contributed by atoms with Gasteiger partial charge in [0, 0.05) is 5.57 Å². The van der Waals surface area contributed by atoms with Crippen LogP contribution in [0.1, 0.15) is 13.8 Å². The Morgan fingerprint density at radius 3 is 1.60 bits per heavy atom. The molecule has 0 aromatic heterocycles. The molecule has 10 heavy (non-hydrogen) atoms. The van der Waals surface area contributed by atoms with Crippen LogP contribution in [0.3, 0.4) is 0 Å². The molecule has 0 spiro atoms. The lowest BCUT2D eigenvalue weighted by molar-refractivity contribution is -0.0877. The first-order valence-corrected chi connectivity index (χ1v) is 2.87. The zero-order valence-electron chi connectivity index (χ0n) is 6.13. The highest BCUT2D eigenvalue weighted by atomic mass is 19.4. The average Bonchev–Trinajstić information content (AvgIpc) is 1.89. The summed E-state index contributed by atoms with van der Waals surface area (Å²) in [6, 6.07) is 0. The molecule has 0 atom stereocenters. The van der Waals surface area contributed by atoms with Crippen molar-refractivity contribution >= 4 is 0 Å². The predicted octanol–water partition coefficient (Wildman–Crippen LogP) is 3.32. The molecule has 60 valence electrons. The van der Waals surface area contributed by atoms with E-state index in [4.69, 9.17) is 0 Å². The summed E-state index contributed by atoms with van der Waals surface area (Å²) in [5.41, 5.74) is -0.905. The van der Waals surface area contributed by atoms with Gasteiger partial charge in [0.2, 0.25) is 0 Å². The first-order valence-electron chi connectivity index (χ1n) is 2.87. The lowest BCUT2D eigenvalue weighted by atomic mass is 10.3. The highest BCUT2D eigenvalue weighted by Crippen LogP contribution is 2.23. The van der Waals surface area contributed by atoms with Crippen molar-refractivity contribution < 1.29 is 13.2 Å². The maximum atomic E-state index is 11.3. The van der Waals surface area contributed by atoms with Gasteiger partial charge in [0.15, 0.2) is 0 Å². The van der Waals surface area contributed by atoms with Crippen LogP contribution in [-0.2, 0) is 0 Å². The third-order valence-corrected chi connectivity index (χ3v) is 0.611. The molecule has 0 rings (SSSR count). The Labute approximate surface area is 59.1 Å². The molecule has 0 N–H and O–H groups in total. The predicted molar refractivity (Wildman–Crippen MR) is 36.7 cm³/mol. The number of halogens is 3. The summed E-state index contributed by atoms with van der Waals surface area (Å²) in [6.07, 6.45) is -3.62. The van der Waals surface area contributed by atoms with Gasteiger partial charge >= 0.3 is 6.18 Å². The summed E-state index contributed by atoms with van der Waals surface area (Å²) in [4.78, 5) is 0. The van der Waals surface area contributed by atoms with E-state index in [1.54, 1.807) is 0 Å². The minimum Gasteiger partial charge on any atom is -0.166 e. The first kappa shape index (κ1) is 12.0. The number of rotatable bonds is 1. The van der Waals surface area contributed by atoms with Crippen LogP contribution in [0.25, 0.3) is 0 Å². The van der Waals surface area contributed by atoms with E-state index >= 15 is 0 Å². The molecule has 0 aliphatic carbocycles. The van der Waals surface area contributed by atoms with Crippen molar-refractivity contribution in [3.63, 3.8) is 0 Å². The Morgan fingerprint density at radius 2 is 1.60 bits per heavy atom. The summed E-state index contributed by atoms with van der Waals surface area (Å²) in [6.45, 7) is 9.61. The molecule has 0 aliphatic rings. The molecule has 0 unspecified atom stereocenters. The molecule has 0 saturated heterocycles. The third-order valence-electron chi connectivity index (χ3n) is 0.611. The van der Waals surface area contributed by atoms with Gasteiger partial charge in [0.1, 0.15) is 0 Å². The van der Waals surface area contributed by atoms with Crippen molar-refractivity contribution in [2.45, 2.75) is 20.0 Å². The Bertz CT molecular complexity index is 111. The topological polar surface area (TPSA) is 0 Å². The lowest BCUT2D eigenvalue weighted by Gasteiger charge is -2.02. The fourth-order valence-electron chi connectivity index (χ4n) is 0.116. The lowest BCUT2D eigenvalue weighted by Crippen LogP contribution is -2.07. The van der Waals surface area contributed by atoms with Crippen LogP contribution in [-0.4, -0.2) is 6.18 Å². The van der Waals surface area contributed by atoms with Crippen molar-refractivity contribution in [1.82, 2.24) is 0 Å². The summed E-state index contributed by atoms with van der Waals surface area (Å²) < 4.78 is 33.8. The van der Waals surface area contributed by atoms with Gasteiger partial charge in [-0.15, -0.1) is 0 Å². The Balaban J connectivity index is 0. The van der Waals surface area contributed by atoms with Crippen molar-refractivity contribution in [3.8, 4) is 0 Å². The second-order valence-corrected chi connectivity index (χ2v) is 1.23. The molecule has 0 nitrogen and oxygen atoms in total. The van der Waals surface area contributed by atoms with Crippen molar-refractivity contribution in [2.24, 2.45) is 0 Å². The minimum atomic E-state index is -4.30. The van der Waals surface area contributed by atoms with E-state index in [1.165, 1.54) is 0 Å². The molecular weight excluding hydrogens is 141 g/mol. The van der Waals surface area contributed by atoms with Crippen molar-refractivity contribution in [2.75, 3.05) is 0 Å². The van der Waals surface area contributed by atoms with Crippen molar-refractivity contribution in [1.29, 1.82) is 0 Å². The summed E-state index contributed by atoms with van der Waals surface area (Å²) in [7, 11) is 0. The van der Waals surface area contributed by atoms with Gasteiger partial charge in [-0.25, -0.2) is 0 Å². The number of alkyl halides is 3. The monoisotopic (exact) mass is 152 g/mol. The second-order valence-electron chi connectivity index (χ2n) is 1.23. The average molecular weight is 152 g/mol. The van der Waals surface area contributed by atoms with Crippen LogP contribution in [0.2, 0.25) is 0 Å². The molecule has 0 heterocycles. The molecule has 0 bridgehead atoms. The Morgan fingerprint density at radius 1 is 1.30 bits per heavy atom. The summed E-state index contributed by atoms with van der Waals surface area (Å²) >= 11 is 0. The molecule has 0 saturated carbocycles. The standard InChI is InChI=1S/C5H5F3.C2H6/c1-3-4(2)5(6,7)8;1-2/h3H,1-2H2;1-2H3. The molecule has 0 aliphatic heterocycles. The van der Waals surface area contributed by atoms with Crippen LogP contribution < -0.4 is 0 Å². The van der Waals surface area contributed by atoms with E-state index in [9.17, 15) is 13.2 Å². The zero-order valence-corrected chi connectivity index (χ0v) is 6.13. The SMILES string of the molecule is C=CC(=C)C(F)(F)F.CC. The van der Waals surface area contributed by atoms with Gasteiger partial charge in [-0.05, 0) is 0 Å². The molecule has 0 amide bonds. The summed E-state index contributed by atoms with van der Waals surface area (Å²) in [5, 5.41) is 0. The number of allylic oxidation sites excluding steroid dienone is 2. The smallest absolute Gasteiger partial charge is 0.166 e. The minimum absolute atomic E-state index is 0.681. The van der Waals surface area contributed by atoms with Crippen LogP contribution >= 0.6 is 0 Å². The molecule has 3 heteroatoms. The van der Waals surface area contributed by atoms with Gasteiger partial charge in [-0.1, -0.05) is 33.1 Å². The first-order chi connectivity index (χ1) is 4.48. The van der Waals surface area contributed by atoms with E-state index in [0.717, 1.165) is 0 Å². The fraction of sp³-hybridized carbons (Fsp3) is 0.429.